The third-order valence-electron chi connectivity index (χ3n) is 3.61. The van der Waals surface area contributed by atoms with E-state index >= 15 is 0 Å². The van der Waals surface area contributed by atoms with Gasteiger partial charge in [-0.1, -0.05) is 12.1 Å². The van der Waals surface area contributed by atoms with Crippen molar-refractivity contribution in [3.8, 4) is 17.1 Å². The predicted octanol–water partition coefficient (Wildman–Crippen LogP) is 2.77. The minimum Gasteiger partial charge on any atom is -0.382 e. The second kappa shape index (κ2) is 5.17. The van der Waals surface area contributed by atoms with Crippen molar-refractivity contribution >= 4 is 16.7 Å². The predicted molar refractivity (Wildman–Crippen MR) is 89.0 cm³/mol. The van der Waals surface area contributed by atoms with E-state index < -0.39 is 0 Å². The van der Waals surface area contributed by atoms with Crippen LogP contribution in [-0.2, 0) is 0 Å². The van der Waals surface area contributed by atoms with E-state index in [9.17, 15) is 0 Å². The van der Waals surface area contributed by atoms with Gasteiger partial charge in [0.05, 0.1) is 17.4 Å². The standard InChI is InChI=1S/C17H14N6/c1-11-9-23(10-21-11)17-16(20-8-15(18)22-17)13-4-5-14-12(7-13)3-2-6-19-14/h2-10H,1H3,(H2,18,22). The van der Waals surface area contributed by atoms with Crippen LogP contribution >= 0.6 is 0 Å². The van der Waals surface area contributed by atoms with E-state index in [0.717, 1.165) is 27.9 Å². The zero-order chi connectivity index (χ0) is 15.8. The molecular weight excluding hydrogens is 288 g/mol. The van der Waals surface area contributed by atoms with Gasteiger partial charge in [-0.05, 0) is 25.1 Å². The summed E-state index contributed by atoms with van der Waals surface area (Å²) in [6.07, 6.45) is 6.96. The van der Waals surface area contributed by atoms with Crippen LogP contribution in [0.25, 0.3) is 28.0 Å². The topological polar surface area (TPSA) is 82.5 Å². The Hall–Kier alpha value is -3.28. The van der Waals surface area contributed by atoms with Gasteiger partial charge >= 0.3 is 0 Å². The molecule has 0 unspecified atom stereocenters. The molecule has 0 atom stereocenters. The fourth-order valence-electron chi connectivity index (χ4n) is 2.54. The largest absolute Gasteiger partial charge is 0.382 e. The van der Waals surface area contributed by atoms with Crippen LogP contribution < -0.4 is 5.73 Å². The number of fused-ring (bicyclic) bond motifs is 1. The first-order valence-corrected chi connectivity index (χ1v) is 7.19. The zero-order valence-electron chi connectivity index (χ0n) is 12.5. The fraction of sp³-hybridized carbons (Fsp3) is 0.0588. The number of nitrogen functional groups attached to an aromatic ring is 1. The average Bonchev–Trinajstić information content (AvgIpc) is 3.01. The summed E-state index contributed by atoms with van der Waals surface area (Å²) in [6, 6.07) is 9.96. The summed E-state index contributed by atoms with van der Waals surface area (Å²) in [7, 11) is 0. The number of pyridine rings is 1. The third kappa shape index (κ3) is 2.40. The SMILES string of the molecule is Cc1cn(-c2nc(N)cnc2-c2ccc3ncccc3c2)cn1. The van der Waals surface area contributed by atoms with E-state index in [1.54, 1.807) is 18.7 Å². The molecule has 3 heterocycles. The zero-order valence-corrected chi connectivity index (χ0v) is 12.5. The van der Waals surface area contributed by atoms with Crippen molar-refractivity contribution in [1.82, 2.24) is 24.5 Å². The van der Waals surface area contributed by atoms with Gasteiger partial charge in [-0.25, -0.2) is 15.0 Å². The normalized spacial score (nSPS) is 11.0. The maximum absolute atomic E-state index is 5.82. The summed E-state index contributed by atoms with van der Waals surface area (Å²) >= 11 is 0. The fourth-order valence-corrected chi connectivity index (χ4v) is 2.54. The molecule has 4 rings (SSSR count). The summed E-state index contributed by atoms with van der Waals surface area (Å²) in [5, 5.41) is 1.05. The lowest BCUT2D eigenvalue weighted by molar-refractivity contribution is 0.980. The molecule has 0 saturated heterocycles. The number of rotatable bonds is 2. The smallest absolute Gasteiger partial charge is 0.166 e. The summed E-state index contributed by atoms with van der Waals surface area (Å²) < 4.78 is 1.83. The van der Waals surface area contributed by atoms with Crippen molar-refractivity contribution < 1.29 is 0 Å². The Bertz CT molecular complexity index is 1000. The van der Waals surface area contributed by atoms with Crippen molar-refractivity contribution in [1.29, 1.82) is 0 Å². The Balaban J connectivity index is 1.93. The number of nitrogens with zero attached hydrogens (tertiary/aromatic N) is 5. The number of anilines is 1. The van der Waals surface area contributed by atoms with Crippen molar-refractivity contribution in [2.24, 2.45) is 0 Å². The second-order valence-electron chi connectivity index (χ2n) is 5.30. The van der Waals surface area contributed by atoms with Gasteiger partial charge in [-0.15, -0.1) is 0 Å². The molecule has 3 aromatic heterocycles. The van der Waals surface area contributed by atoms with E-state index in [1.807, 2.05) is 42.0 Å². The summed E-state index contributed by atoms with van der Waals surface area (Å²) in [5.41, 5.74) is 9.38. The molecular formula is C17H14N6. The lowest BCUT2D eigenvalue weighted by Gasteiger charge is -2.10. The molecule has 6 heteroatoms. The van der Waals surface area contributed by atoms with E-state index in [1.165, 1.54) is 0 Å². The molecule has 2 N–H and O–H groups in total. The number of hydrogen-bond donors (Lipinski definition) is 1. The first-order chi connectivity index (χ1) is 11.2. The van der Waals surface area contributed by atoms with Gasteiger partial charge in [0.1, 0.15) is 17.8 Å². The Kier molecular flexibility index (Phi) is 3.01. The molecule has 0 saturated carbocycles. The number of hydrogen-bond acceptors (Lipinski definition) is 5. The van der Waals surface area contributed by atoms with Crippen molar-refractivity contribution in [2.75, 3.05) is 5.73 Å². The number of benzene rings is 1. The molecule has 112 valence electrons. The van der Waals surface area contributed by atoms with Gasteiger partial charge in [-0.3, -0.25) is 9.55 Å². The van der Waals surface area contributed by atoms with Crippen LogP contribution in [0.3, 0.4) is 0 Å². The van der Waals surface area contributed by atoms with Gasteiger partial charge in [0.2, 0.25) is 0 Å². The number of nitrogens with two attached hydrogens (primary N) is 1. The van der Waals surface area contributed by atoms with Crippen molar-refractivity contribution in [3.05, 3.63) is 60.9 Å². The molecule has 0 radical (unpaired) electrons. The third-order valence-corrected chi connectivity index (χ3v) is 3.61. The molecule has 6 nitrogen and oxygen atoms in total. The lowest BCUT2D eigenvalue weighted by atomic mass is 10.1. The maximum Gasteiger partial charge on any atom is 0.166 e. The average molecular weight is 302 g/mol. The maximum atomic E-state index is 5.82. The minimum absolute atomic E-state index is 0.373. The molecule has 0 aliphatic rings. The molecule has 0 bridgehead atoms. The van der Waals surface area contributed by atoms with Gasteiger partial charge in [0.25, 0.3) is 0 Å². The number of aromatic nitrogens is 5. The number of imidazole rings is 1. The van der Waals surface area contributed by atoms with Gasteiger partial charge in [0.15, 0.2) is 5.82 Å². The number of aryl methyl sites for hydroxylation is 1. The highest BCUT2D eigenvalue weighted by Crippen LogP contribution is 2.26. The minimum atomic E-state index is 0.373. The van der Waals surface area contributed by atoms with E-state index in [4.69, 9.17) is 5.73 Å². The van der Waals surface area contributed by atoms with Crippen molar-refractivity contribution in [2.45, 2.75) is 6.92 Å². The Morgan fingerprint density at radius 3 is 2.83 bits per heavy atom. The van der Waals surface area contributed by atoms with Crippen LogP contribution in [0.4, 0.5) is 5.82 Å². The highest BCUT2D eigenvalue weighted by Gasteiger charge is 2.12. The quantitative estimate of drug-likeness (QED) is 0.615. The Morgan fingerprint density at radius 2 is 2.00 bits per heavy atom. The highest BCUT2D eigenvalue weighted by molar-refractivity contribution is 5.84. The van der Waals surface area contributed by atoms with Crippen LogP contribution in [0.1, 0.15) is 5.69 Å². The van der Waals surface area contributed by atoms with Gasteiger partial charge < -0.3 is 5.73 Å². The molecule has 0 aliphatic carbocycles. The van der Waals surface area contributed by atoms with E-state index in [2.05, 4.69) is 26.0 Å². The monoisotopic (exact) mass is 302 g/mol. The van der Waals surface area contributed by atoms with Crippen molar-refractivity contribution in [3.63, 3.8) is 0 Å². The summed E-state index contributed by atoms with van der Waals surface area (Å²) in [4.78, 5) is 17.5. The van der Waals surface area contributed by atoms with Gasteiger partial charge in [0, 0.05) is 23.3 Å². The van der Waals surface area contributed by atoms with Crippen LogP contribution in [-0.4, -0.2) is 24.5 Å². The summed E-state index contributed by atoms with van der Waals surface area (Å²) in [6.45, 7) is 1.93. The first-order valence-electron chi connectivity index (χ1n) is 7.19. The molecule has 0 spiro atoms. The van der Waals surface area contributed by atoms with Crippen LogP contribution in [0, 0.1) is 6.92 Å². The highest BCUT2D eigenvalue weighted by atomic mass is 15.1. The molecule has 23 heavy (non-hydrogen) atoms. The first kappa shape index (κ1) is 13.4. The van der Waals surface area contributed by atoms with E-state index in [0.29, 0.717) is 11.6 Å². The van der Waals surface area contributed by atoms with Crippen LogP contribution in [0.5, 0.6) is 0 Å². The molecule has 1 aromatic carbocycles. The van der Waals surface area contributed by atoms with E-state index in [-0.39, 0.29) is 0 Å². The summed E-state index contributed by atoms with van der Waals surface area (Å²) in [5.74, 6) is 1.03. The molecule has 0 aliphatic heterocycles. The van der Waals surface area contributed by atoms with Gasteiger partial charge in [-0.2, -0.15) is 0 Å². The Labute approximate surface area is 132 Å². The Morgan fingerprint density at radius 1 is 1.09 bits per heavy atom. The van der Waals surface area contributed by atoms with Crippen LogP contribution in [0.2, 0.25) is 0 Å². The molecule has 0 amide bonds. The molecule has 4 aromatic rings. The second-order valence-corrected chi connectivity index (χ2v) is 5.30. The molecule has 0 fully saturated rings. The van der Waals surface area contributed by atoms with Crippen LogP contribution in [0.15, 0.2) is 55.2 Å². The lowest BCUT2D eigenvalue weighted by Crippen LogP contribution is -2.03.